The molecule has 2 fully saturated rings. The van der Waals surface area contributed by atoms with Gasteiger partial charge in [-0.2, -0.15) is 5.10 Å². The Morgan fingerprint density at radius 3 is 2.77 bits per heavy atom. The van der Waals surface area contributed by atoms with Gasteiger partial charge >= 0.3 is 0 Å². The fourth-order valence-corrected chi connectivity index (χ4v) is 4.06. The molecule has 140 valence electrons. The summed E-state index contributed by atoms with van der Waals surface area (Å²) >= 11 is 0. The van der Waals surface area contributed by atoms with E-state index >= 15 is 0 Å². The Morgan fingerprint density at radius 2 is 2.04 bits per heavy atom. The number of nitrogens with zero attached hydrogens (tertiary/aromatic N) is 4. The molecule has 6 heteroatoms. The highest BCUT2D eigenvalue weighted by Gasteiger charge is 2.32. The summed E-state index contributed by atoms with van der Waals surface area (Å²) in [6.45, 7) is 7.51. The molecule has 0 N–H and O–H groups in total. The second-order valence-electron chi connectivity index (χ2n) is 8.46. The molecule has 6 nitrogen and oxygen atoms in total. The Bertz CT molecular complexity index is 760. The van der Waals surface area contributed by atoms with E-state index in [4.69, 9.17) is 14.4 Å². The van der Waals surface area contributed by atoms with Gasteiger partial charge in [-0.15, -0.1) is 0 Å². The van der Waals surface area contributed by atoms with Crippen molar-refractivity contribution in [2.45, 2.75) is 58.2 Å². The van der Waals surface area contributed by atoms with Gasteiger partial charge in [0.05, 0.1) is 18.5 Å². The molecule has 2 aromatic heterocycles. The topological polar surface area (TPSA) is 56.3 Å². The monoisotopic (exact) mass is 356 g/mol. The van der Waals surface area contributed by atoms with Gasteiger partial charge < -0.3 is 9.26 Å². The standard InChI is InChI=1S/C20H28N4O2/c1-14-6-19(22-26-14)11-23-9-17-7-21-24(8-15-2-3-15)20(17)18(10-23)13-25-12-16-4-5-16/h6-7,15-16,18H,2-5,8-13H2,1H3/t18-/m0/s1. The van der Waals surface area contributed by atoms with Crippen LogP contribution in [-0.2, 0) is 24.4 Å². The largest absolute Gasteiger partial charge is 0.380 e. The van der Waals surface area contributed by atoms with Crippen LogP contribution >= 0.6 is 0 Å². The molecule has 2 aromatic rings. The normalized spacial score (nSPS) is 23.3. The number of rotatable bonds is 8. The van der Waals surface area contributed by atoms with E-state index in [-0.39, 0.29) is 0 Å². The summed E-state index contributed by atoms with van der Waals surface area (Å²) < 4.78 is 13.6. The highest BCUT2D eigenvalue weighted by molar-refractivity contribution is 5.26. The van der Waals surface area contributed by atoms with Gasteiger partial charge in [0.25, 0.3) is 0 Å². The fourth-order valence-electron chi connectivity index (χ4n) is 4.06. The molecule has 26 heavy (non-hydrogen) atoms. The molecule has 3 aliphatic rings. The van der Waals surface area contributed by atoms with Gasteiger partial charge in [0.15, 0.2) is 0 Å². The van der Waals surface area contributed by atoms with Crippen molar-refractivity contribution in [1.82, 2.24) is 19.8 Å². The number of hydrogen-bond acceptors (Lipinski definition) is 5. The molecule has 0 bridgehead atoms. The van der Waals surface area contributed by atoms with Gasteiger partial charge in [-0.1, -0.05) is 5.16 Å². The maximum absolute atomic E-state index is 6.10. The van der Waals surface area contributed by atoms with E-state index in [1.54, 1.807) is 0 Å². The van der Waals surface area contributed by atoms with Crippen LogP contribution in [0.1, 0.15) is 54.3 Å². The first-order valence-corrected chi connectivity index (χ1v) is 10.0. The molecule has 0 saturated heterocycles. The first-order valence-electron chi connectivity index (χ1n) is 10.0. The summed E-state index contributed by atoms with van der Waals surface area (Å²) in [5, 5.41) is 8.90. The van der Waals surface area contributed by atoms with Gasteiger partial charge in [-0.25, -0.2) is 0 Å². The molecule has 1 aliphatic heterocycles. The van der Waals surface area contributed by atoms with Crippen LogP contribution in [0, 0.1) is 18.8 Å². The van der Waals surface area contributed by atoms with Crippen molar-refractivity contribution in [3.8, 4) is 0 Å². The Labute approximate surface area is 154 Å². The zero-order valence-corrected chi connectivity index (χ0v) is 15.6. The SMILES string of the molecule is Cc1cc(CN2Cc3cnn(CC4CC4)c3[C@H](COCC3CC3)C2)no1. The lowest BCUT2D eigenvalue weighted by Crippen LogP contribution is -2.36. The number of fused-ring (bicyclic) bond motifs is 1. The summed E-state index contributed by atoms with van der Waals surface area (Å²) in [5.74, 6) is 2.91. The molecule has 1 atom stereocenters. The van der Waals surface area contributed by atoms with Gasteiger partial charge in [0.1, 0.15) is 5.76 Å². The number of hydrogen-bond donors (Lipinski definition) is 0. The third-order valence-corrected chi connectivity index (χ3v) is 5.78. The van der Waals surface area contributed by atoms with Crippen LogP contribution in [0.25, 0.3) is 0 Å². The van der Waals surface area contributed by atoms with E-state index in [2.05, 4.69) is 20.9 Å². The average molecular weight is 356 g/mol. The van der Waals surface area contributed by atoms with Crippen LogP contribution in [0.15, 0.2) is 16.8 Å². The minimum Gasteiger partial charge on any atom is -0.380 e. The maximum atomic E-state index is 6.10. The van der Waals surface area contributed by atoms with Gasteiger partial charge in [-0.3, -0.25) is 9.58 Å². The molecule has 2 aliphatic carbocycles. The van der Waals surface area contributed by atoms with Crippen molar-refractivity contribution >= 4 is 0 Å². The molecule has 5 rings (SSSR count). The molecule has 2 saturated carbocycles. The van der Waals surface area contributed by atoms with Crippen LogP contribution in [0.3, 0.4) is 0 Å². The Balaban J connectivity index is 1.32. The molecule has 3 heterocycles. The smallest absolute Gasteiger partial charge is 0.133 e. The molecule has 0 spiro atoms. The quantitative estimate of drug-likeness (QED) is 0.727. The molecular formula is C20H28N4O2. The predicted molar refractivity (Wildman–Crippen MR) is 96.6 cm³/mol. The van der Waals surface area contributed by atoms with Crippen molar-refractivity contribution < 1.29 is 9.26 Å². The third kappa shape index (κ3) is 3.71. The molecule has 0 amide bonds. The number of aromatic nitrogens is 3. The fraction of sp³-hybridized carbons (Fsp3) is 0.700. The van der Waals surface area contributed by atoms with Crippen LogP contribution in [-0.4, -0.2) is 39.6 Å². The van der Waals surface area contributed by atoms with Gasteiger partial charge in [0.2, 0.25) is 0 Å². The highest BCUT2D eigenvalue weighted by Crippen LogP contribution is 2.35. The van der Waals surface area contributed by atoms with E-state index in [0.29, 0.717) is 5.92 Å². The van der Waals surface area contributed by atoms with E-state index in [1.807, 2.05) is 13.0 Å². The zero-order chi connectivity index (χ0) is 17.5. The van der Waals surface area contributed by atoms with Crippen molar-refractivity contribution in [1.29, 1.82) is 0 Å². The Morgan fingerprint density at radius 1 is 1.19 bits per heavy atom. The minimum absolute atomic E-state index is 0.395. The van der Waals surface area contributed by atoms with Gasteiger partial charge in [0, 0.05) is 56.0 Å². The first kappa shape index (κ1) is 16.5. The Kier molecular flexibility index (Phi) is 4.33. The van der Waals surface area contributed by atoms with E-state index in [0.717, 1.165) is 62.7 Å². The highest BCUT2D eigenvalue weighted by atomic mass is 16.5. The van der Waals surface area contributed by atoms with E-state index in [9.17, 15) is 0 Å². The van der Waals surface area contributed by atoms with E-state index in [1.165, 1.54) is 36.9 Å². The summed E-state index contributed by atoms with van der Waals surface area (Å²) in [7, 11) is 0. The molecule has 0 radical (unpaired) electrons. The third-order valence-electron chi connectivity index (χ3n) is 5.78. The first-order chi connectivity index (χ1) is 12.7. The van der Waals surface area contributed by atoms with Crippen molar-refractivity contribution in [3.05, 3.63) is 35.0 Å². The second kappa shape index (κ2) is 6.82. The lowest BCUT2D eigenvalue weighted by atomic mass is 9.96. The van der Waals surface area contributed by atoms with Crippen LogP contribution in [0.4, 0.5) is 0 Å². The minimum atomic E-state index is 0.395. The van der Waals surface area contributed by atoms with Gasteiger partial charge in [-0.05, 0) is 44.4 Å². The summed E-state index contributed by atoms with van der Waals surface area (Å²) in [4.78, 5) is 2.45. The van der Waals surface area contributed by atoms with Crippen LogP contribution in [0.2, 0.25) is 0 Å². The van der Waals surface area contributed by atoms with Crippen molar-refractivity contribution in [2.75, 3.05) is 19.8 Å². The number of ether oxygens (including phenoxy) is 1. The van der Waals surface area contributed by atoms with Crippen molar-refractivity contribution in [3.63, 3.8) is 0 Å². The van der Waals surface area contributed by atoms with Crippen LogP contribution < -0.4 is 0 Å². The van der Waals surface area contributed by atoms with E-state index < -0.39 is 0 Å². The molecule has 0 unspecified atom stereocenters. The average Bonchev–Trinajstić information content (AvgIpc) is 3.53. The molecular weight excluding hydrogens is 328 g/mol. The predicted octanol–water partition coefficient (Wildman–Crippen LogP) is 3.12. The lowest BCUT2D eigenvalue weighted by molar-refractivity contribution is 0.0859. The summed E-state index contributed by atoms with van der Waals surface area (Å²) in [5.41, 5.74) is 3.78. The maximum Gasteiger partial charge on any atom is 0.133 e. The van der Waals surface area contributed by atoms with Crippen molar-refractivity contribution in [2.24, 2.45) is 11.8 Å². The summed E-state index contributed by atoms with van der Waals surface area (Å²) in [6.07, 6.45) is 7.47. The second-order valence-corrected chi connectivity index (χ2v) is 8.46. The Hall–Kier alpha value is -1.66. The molecule has 0 aromatic carbocycles. The zero-order valence-electron chi connectivity index (χ0n) is 15.6. The lowest BCUT2D eigenvalue weighted by Gasteiger charge is -2.33. The van der Waals surface area contributed by atoms with Crippen LogP contribution in [0.5, 0.6) is 0 Å². The summed E-state index contributed by atoms with van der Waals surface area (Å²) in [6, 6.07) is 2.03. The number of aryl methyl sites for hydroxylation is 1.